The molecular weight excluding hydrogens is 234 g/mol. The molecule has 1 N–H and O–H groups in total. The van der Waals surface area contributed by atoms with Crippen molar-refractivity contribution in [2.75, 3.05) is 13.7 Å². The summed E-state index contributed by atoms with van der Waals surface area (Å²) in [7, 11) is -1.96. The SMILES string of the molecule is Cc1ccc(S(=O)(=O)N(C)C(C)CO)s1. The van der Waals surface area contributed by atoms with Crippen LogP contribution in [0.25, 0.3) is 0 Å². The molecule has 1 atom stereocenters. The second kappa shape index (κ2) is 4.61. The van der Waals surface area contributed by atoms with E-state index in [0.717, 1.165) is 4.88 Å². The summed E-state index contributed by atoms with van der Waals surface area (Å²) in [5.41, 5.74) is 0. The number of aliphatic hydroxyl groups excluding tert-OH is 1. The topological polar surface area (TPSA) is 57.6 Å². The maximum atomic E-state index is 12.0. The van der Waals surface area contributed by atoms with Crippen LogP contribution in [0.3, 0.4) is 0 Å². The summed E-state index contributed by atoms with van der Waals surface area (Å²) in [6.45, 7) is 3.34. The van der Waals surface area contributed by atoms with Gasteiger partial charge in [0.05, 0.1) is 6.61 Å². The summed E-state index contributed by atoms with van der Waals surface area (Å²) < 4.78 is 25.5. The number of thiophene rings is 1. The van der Waals surface area contributed by atoms with E-state index in [9.17, 15) is 8.42 Å². The molecule has 1 aromatic rings. The molecule has 0 aliphatic carbocycles. The maximum Gasteiger partial charge on any atom is 0.252 e. The number of rotatable bonds is 4. The van der Waals surface area contributed by atoms with Crippen molar-refractivity contribution in [3.05, 3.63) is 17.0 Å². The molecule has 0 radical (unpaired) electrons. The Kier molecular flexibility index (Phi) is 3.88. The molecule has 0 bridgehead atoms. The number of hydrogen-bond acceptors (Lipinski definition) is 4. The lowest BCUT2D eigenvalue weighted by Crippen LogP contribution is -2.36. The molecule has 0 amide bonds. The van der Waals surface area contributed by atoms with E-state index in [-0.39, 0.29) is 6.61 Å². The maximum absolute atomic E-state index is 12.0. The summed E-state index contributed by atoms with van der Waals surface area (Å²) in [5.74, 6) is 0. The van der Waals surface area contributed by atoms with Crippen LogP contribution in [-0.2, 0) is 10.0 Å². The van der Waals surface area contributed by atoms with Crippen LogP contribution in [0.5, 0.6) is 0 Å². The smallest absolute Gasteiger partial charge is 0.252 e. The van der Waals surface area contributed by atoms with Crippen LogP contribution in [-0.4, -0.2) is 37.5 Å². The van der Waals surface area contributed by atoms with Crippen LogP contribution in [0.4, 0.5) is 0 Å². The first-order valence-electron chi connectivity index (χ1n) is 4.55. The third-order valence-corrected chi connectivity index (χ3v) is 5.67. The van der Waals surface area contributed by atoms with Gasteiger partial charge in [-0.3, -0.25) is 0 Å². The third-order valence-electron chi connectivity index (χ3n) is 2.23. The first-order valence-corrected chi connectivity index (χ1v) is 6.80. The van der Waals surface area contributed by atoms with E-state index in [2.05, 4.69) is 0 Å². The average molecular weight is 249 g/mol. The second-order valence-corrected chi connectivity index (χ2v) is 6.93. The summed E-state index contributed by atoms with van der Waals surface area (Å²) >= 11 is 1.24. The highest BCUT2D eigenvalue weighted by atomic mass is 32.2. The molecule has 6 heteroatoms. The lowest BCUT2D eigenvalue weighted by atomic mass is 10.4. The molecule has 86 valence electrons. The lowest BCUT2D eigenvalue weighted by Gasteiger charge is -2.21. The third kappa shape index (κ3) is 2.57. The van der Waals surface area contributed by atoms with Crippen molar-refractivity contribution >= 4 is 21.4 Å². The number of nitrogens with zero attached hydrogens (tertiary/aromatic N) is 1. The summed E-state index contributed by atoms with van der Waals surface area (Å²) in [5, 5.41) is 8.92. The molecule has 1 unspecified atom stereocenters. The van der Waals surface area contributed by atoms with Crippen molar-refractivity contribution < 1.29 is 13.5 Å². The van der Waals surface area contributed by atoms with Crippen molar-refractivity contribution in [2.24, 2.45) is 0 Å². The van der Waals surface area contributed by atoms with E-state index in [0.29, 0.717) is 4.21 Å². The highest BCUT2D eigenvalue weighted by Crippen LogP contribution is 2.24. The number of aliphatic hydroxyl groups is 1. The van der Waals surface area contributed by atoms with Gasteiger partial charge in [-0.15, -0.1) is 11.3 Å². The van der Waals surface area contributed by atoms with Crippen LogP contribution in [0.1, 0.15) is 11.8 Å². The molecule has 1 aromatic heterocycles. The van der Waals surface area contributed by atoms with Crippen molar-refractivity contribution in [2.45, 2.75) is 24.1 Å². The second-order valence-electron chi connectivity index (χ2n) is 3.42. The highest BCUT2D eigenvalue weighted by molar-refractivity contribution is 7.91. The molecule has 0 spiro atoms. The average Bonchev–Trinajstić information content (AvgIpc) is 2.63. The normalized spacial score (nSPS) is 14.5. The Balaban J connectivity index is 3.03. The number of likely N-dealkylation sites (N-methyl/N-ethyl adjacent to an activating group) is 1. The molecule has 1 heterocycles. The van der Waals surface area contributed by atoms with Gasteiger partial charge in [0.15, 0.2) is 0 Å². The van der Waals surface area contributed by atoms with Gasteiger partial charge in [0.25, 0.3) is 10.0 Å². The Bertz CT molecular complexity index is 424. The molecule has 0 saturated heterocycles. The van der Waals surface area contributed by atoms with E-state index in [1.165, 1.54) is 22.7 Å². The first-order chi connectivity index (χ1) is 6.89. The Labute approximate surface area is 94.2 Å². The zero-order valence-electron chi connectivity index (χ0n) is 8.97. The minimum Gasteiger partial charge on any atom is -0.395 e. The zero-order chi connectivity index (χ0) is 11.6. The van der Waals surface area contributed by atoms with Crippen LogP contribution in [0.2, 0.25) is 0 Å². The van der Waals surface area contributed by atoms with Gasteiger partial charge < -0.3 is 5.11 Å². The fourth-order valence-electron chi connectivity index (χ4n) is 1.04. The molecular formula is C9H15NO3S2. The first kappa shape index (κ1) is 12.6. The van der Waals surface area contributed by atoms with Gasteiger partial charge in [0.1, 0.15) is 4.21 Å². The minimum atomic E-state index is -3.44. The minimum absolute atomic E-state index is 0.180. The van der Waals surface area contributed by atoms with Crippen LogP contribution >= 0.6 is 11.3 Å². The Hall–Kier alpha value is -0.430. The number of aryl methyl sites for hydroxylation is 1. The van der Waals surface area contributed by atoms with Crippen molar-refractivity contribution in [1.29, 1.82) is 0 Å². The Morgan fingerprint density at radius 1 is 1.53 bits per heavy atom. The van der Waals surface area contributed by atoms with Gasteiger partial charge in [0.2, 0.25) is 0 Å². The predicted octanol–water partition coefficient (Wildman–Crippen LogP) is 1.06. The van der Waals surface area contributed by atoms with E-state index in [4.69, 9.17) is 5.11 Å². The van der Waals surface area contributed by atoms with Gasteiger partial charge in [-0.25, -0.2) is 8.42 Å². The van der Waals surface area contributed by atoms with Gasteiger partial charge in [-0.1, -0.05) is 0 Å². The van der Waals surface area contributed by atoms with E-state index in [1.807, 2.05) is 6.92 Å². The Morgan fingerprint density at radius 2 is 2.13 bits per heavy atom. The standard InChI is InChI=1S/C9H15NO3S2/c1-7(6-11)10(3)15(12,13)9-5-4-8(2)14-9/h4-5,7,11H,6H2,1-3H3. The van der Waals surface area contributed by atoms with Crippen LogP contribution < -0.4 is 0 Å². The lowest BCUT2D eigenvalue weighted by molar-refractivity contribution is 0.214. The zero-order valence-corrected chi connectivity index (χ0v) is 10.6. The van der Waals surface area contributed by atoms with E-state index in [1.54, 1.807) is 19.1 Å². The fourth-order valence-corrected chi connectivity index (χ4v) is 3.87. The summed E-state index contributed by atoms with van der Waals surface area (Å²) in [4.78, 5) is 0.957. The monoisotopic (exact) mass is 249 g/mol. The van der Waals surface area contributed by atoms with Gasteiger partial charge in [-0.05, 0) is 26.0 Å². The van der Waals surface area contributed by atoms with Crippen LogP contribution in [0.15, 0.2) is 16.3 Å². The molecule has 0 aromatic carbocycles. The molecule has 0 fully saturated rings. The molecule has 15 heavy (non-hydrogen) atoms. The summed E-state index contributed by atoms with van der Waals surface area (Å²) in [6.07, 6.45) is 0. The molecule has 0 aliphatic rings. The molecule has 0 saturated carbocycles. The predicted molar refractivity (Wildman–Crippen MR) is 60.6 cm³/mol. The van der Waals surface area contributed by atoms with Crippen molar-refractivity contribution in [3.63, 3.8) is 0 Å². The van der Waals surface area contributed by atoms with Crippen molar-refractivity contribution in [1.82, 2.24) is 4.31 Å². The van der Waals surface area contributed by atoms with Gasteiger partial charge in [0, 0.05) is 18.0 Å². The van der Waals surface area contributed by atoms with Crippen molar-refractivity contribution in [3.8, 4) is 0 Å². The molecule has 1 rings (SSSR count). The van der Waals surface area contributed by atoms with E-state index < -0.39 is 16.1 Å². The van der Waals surface area contributed by atoms with E-state index >= 15 is 0 Å². The summed E-state index contributed by atoms with van der Waals surface area (Å²) in [6, 6.07) is 2.96. The van der Waals surface area contributed by atoms with Crippen LogP contribution in [0, 0.1) is 6.92 Å². The van der Waals surface area contributed by atoms with Gasteiger partial charge >= 0.3 is 0 Å². The molecule has 0 aliphatic heterocycles. The Morgan fingerprint density at radius 3 is 2.53 bits per heavy atom. The number of hydrogen-bond donors (Lipinski definition) is 1. The quantitative estimate of drug-likeness (QED) is 0.868. The fraction of sp³-hybridized carbons (Fsp3) is 0.556. The largest absolute Gasteiger partial charge is 0.395 e. The number of sulfonamides is 1. The highest BCUT2D eigenvalue weighted by Gasteiger charge is 2.25. The molecule has 4 nitrogen and oxygen atoms in total. The van der Waals surface area contributed by atoms with Gasteiger partial charge in [-0.2, -0.15) is 4.31 Å².